The third-order valence-corrected chi connectivity index (χ3v) is 3.07. The Morgan fingerprint density at radius 3 is 2.56 bits per heavy atom. The van der Waals surface area contributed by atoms with Crippen LogP contribution in [0.25, 0.3) is 0 Å². The van der Waals surface area contributed by atoms with Crippen molar-refractivity contribution in [2.75, 3.05) is 31.7 Å². The molecule has 7 nitrogen and oxygen atoms in total. The number of ether oxygens (including phenoxy) is 1. The van der Waals surface area contributed by atoms with Crippen LogP contribution >= 0.6 is 11.8 Å². The van der Waals surface area contributed by atoms with Gasteiger partial charge >= 0.3 is 6.01 Å². The lowest BCUT2D eigenvalue weighted by atomic mass is 10.5. The first-order valence-electron chi connectivity index (χ1n) is 5.56. The van der Waals surface area contributed by atoms with Crippen molar-refractivity contribution in [3.63, 3.8) is 0 Å². The smallest absolute Gasteiger partial charge is 0.321 e. The minimum absolute atomic E-state index is 0.0444. The lowest BCUT2D eigenvalue weighted by Crippen LogP contribution is -2.31. The van der Waals surface area contributed by atoms with Crippen molar-refractivity contribution in [3.05, 3.63) is 0 Å². The number of anilines is 1. The zero-order valence-corrected chi connectivity index (χ0v) is 11.5. The molecule has 0 saturated carbocycles. The van der Waals surface area contributed by atoms with E-state index in [1.54, 1.807) is 4.90 Å². The van der Waals surface area contributed by atoms with E-state index >= 15 is 0 Å². The molecule has 0 atom stereocenters. The molecule has 2 N–H and O–H groups in total. The molecule has 1 aromatic rings. The summed E-state index contributed by atoms with van der Waals surface area (Å²) in [5.74, 6) is 0.400. The third kappa shape index (κ3) is 4.02. The van der Waals surface area contributed by atoms with Gasteiger partial charge in [0.25, 0.3) is 0 Å². The van der Waals surface area contributed by atoms with E-state index in [4.69, 9.17) is 10.5 Å². The van der Waals surface area contributed by atoms with Crippen LogP contribution in [-0.4, -0.2) is 51.7 Å². The molecule has 0 aliphatic heterocycles. The minimum Gasteiger partial charge on any atom is -0.467 e. The van der Waals surface area contributed by atoms with Crippen molar-refractivity contribution in [2.45, 2.75) is 19.0 Å². The Balaban J connectivity index is 2.63. The number of amides is 1. The first kappa shape index (κ1) is 14.5. The molecule has 0 spiro atoms. The molecular weight excluding hydrogens is 254 g/mol. The van der Waals surface area contributed by atoms with Crippen LogP contribution in [0.1, 0.15) is 13.8 Å². The molecule has 0 unspecified atom stereocenters. The van der Waals surface area contributed by atoms with Crippen LogP contribution in [0.15, 0.2) is 5.16 Å². The first-order valence-corrected chi connectivity index (χ1v) is 6.55. The summed E-state index contributed by atoms with van der Waals surface area (Å²) in [6.07, 6.45) is 0. The monoisotopic (exact) mass is 271 g/mol. The number of carbonyl (C=O) groups excluding carboxylic acids is 1. The third-order valence-electron chi connectivity index (χ3n) is 2.24. The Morgan fingerprint density at radius 2 is 2.00 bits per heavy atom. The van der Waals surface area contributed by atoms with E-state index in [0.717, 1.165) is 0 Å². The quantitative estimate of drug-likeness (QED) is 0.749. The molecule has 0 radical (unpaired) electrons. The van der Waals surface area contributed by atoms with E-state index in [1.807, 2.05) is 13.8 Å². The molecule has 0 saturated heterocycles. The van der Waals surface area contributed by atoms with Gasteiger partial charge in [-0.25, -0.2) is 0 Å². The van der Waals surface area contributed by atoms with Crippen molar-refractivity contribution in [2.24, 2.45) is 0 Å². The molecule has 1 aromatic heterocycles. The van der Waals surface area contributed by atoms with E-state index in [1.165, 1.54) is 18.9 Å². The summed E-state index contributed by atoms with van der Waals surface area (Å²) < 4.78 is 4.88. The zero-order chi connectivity index (χ0) is 13.5. The highest BCUT2D eigenvalue weighted by molar-refractivity contribution is 7.99. The summed E-state index contributed by atoms with van der Waals surface area (Å²) in [4.78, 5) is 25.2. The summed E-state index contributed by atoms with van der Waals surface area (Å²) in [5.41, 5.74) is 5.50. The maximum absolute atomic E-state index is 11.8. The fourth-order valence-electron chi connectivity index (χ4n) is 1.30. The van der Waals surface area contributed by atoms with Crippen molar-refractivity contribution >= 4 is 23.6 Å². The van der Waals surface area contributed by atoms with Crippen molar-refractivity contribution < 1.29 is 9.53 Å². The van der Waals surface area contributed by atoms with E-state index in [2.05, 4.69) is 15.0 Å². The van der Waals surface area contributed by atoms with Crippen LogP contribution in [0, 0.1) is 0 Å². The Bertz CT molecular complexity index is 411. The number of nitrogen functional groups attached to an aromatic ring is 1. The van der Waals surface area contributed by atoms with Crippen LogP contribution in [0.3, 0.4) is 0 Å². The molecule has 0 aliphatic carbocycles. The Kier molecular flexibility index (Phi) is 5.63. The van der Waals surface area contributed by atoms with Crippen LogP contribution in [0.5, 0.6) is 6.01 Å². The lowest BCUT2D eigenvalue weighted by molar-refractivity contribution is -0.127. The molecule has 1 heterocycles. The van der Waals surface area contributed by atoms with Gasteiger partial charge < -0.3 is 15.4 Å². The second kappa shape index (κ2) is 7.00. The predicted octanol–water partition coefficient (Wildman–Crippen LogP) is 0.423. The zero-order valence-electron chi connectivity index (χ0n) is 10.7. The number of rotatable bonds is 6. The lowest BCUT2D eigenvalue weighted by Gasteiger charge is -2.17. The average molecular weight is 271 g/mol. The number of methoxy groups -OCH3 is 1. The highest BCUT2D eigenvalue weighted by Gasteiger charge is 2.12. The second-order valence-electron chi connectivity index (χ2n) is 3.32. The minimum atomic E-state index is 0.0444. The summed E-state index contributed by atoms with van der Waals surface area (Å²) in [7, 11) is 1.45. The topological polar surface area (TPSA) is 94.2 Å². The van der Waals surface area contributed by atoms with Crippen molar-refractivity contribution in [1.82, 2.24) is 19.9 Å². The van der Waals surface area contributed by atoms with Crippen LogP contribution in [0.4, 0.5) is 5.95 Å². The molecule has 0 bridgehead atoms. The van der Waals surface area contributed by atoms with Gasteiger partial charge in [-0.1, -0.05) is 11.8 Å². The van der Waals surface area contributed by atoms with Gasteiger partial charge in [0.15, 0.2) is 5.16 Å². The second-order valence-corrected chi connectivity index (χ2v) is 4.26. The SMILES string of the molecule is CCN(CC)C(=O)CSc1nc(N)nc(OC)n1. The normalized spacial score (nSPS) is 10.2. The molecule has 0 fully saturated rings. The van der Waals surface area contributed by atoms with Gasteiger partial charge in [0.2, 0.25) is 11.9 Å². The van der Waals surface area contributed by atoms with Gasteiger partial charge in [-0.3, -0.25) is 4.79 Å². The van der Waals surface area contributed by atoms with Gasteiger partial charge in [-0.2, -0.15) is 15.0 Å². The van der Waals surface area contributed by atoms with Gasteiger partial charge in [0.1, 0.15) is 0 Å². The molecule has 1 amide bonds. The summed E-state index contributed by atoms with van der Waals surface area (Å²) in [5, 5.41) is 0.389. The average Bonchev–Trinajstić information content (AvgIpc) is 2.37. The largest absolute Gasteiger partial charge is 0.467 e. The van der Waals surface area contributed by atoms with Gasteiger partial charge in [-0.05, 0) is 13.8 Å². The molecule has 18 heavy (non-hydrogen) atoms. The van der Waals surface area contributed by atoms with Crippen LogP contribution in [-0.2, 0) is 4.79 Å². The first-order chi connectivity index (χ1) is 8.60. The fourth-order valence-corrected chi connectivity index (χ4v) is 2.04. The van der Waals surface area contributed by atoms with Crippen molar-refractivity contribution in [1.29, 1.82) is 0 Å². The number of carbonyl (C=O) groups is 1. The van der Waals surface area contributed by atoms with Gasteiger partial charge in [-0.15, -0.1) is 0 Å². The predicted molar refractivity (Wildman–Crippen MR) is 69.4 cm³/mol. The van der Waals surface area contributed by atoms with E-state index in [9.17, 15) is 4.79 Å². The number of hydrogen-bond acceptors (Lipinski definition) is 7. The van der Waals surface area contributed by atoms with Crippen LogP contribution < -0.4 is 10.5 Å². The number of aromatic nitrogens is 3. The number of hydrogen-bond donors (Lipinski definition) is 1. The summed E-state index contributed by atoms with van der Waals surface area (Å²) >= 11 is 1.22. The summed E-state index contributed by atoms with van der Waals surface area (Å²) in [6.45, 7) is 5.27. The molecule has 1 rings (SSSR count). The van der Waals surface area contributed by atoms with Gasteiger partial charge in [0.05, 0.1) is 12.9 Å². The standard InChI is InChI=1S/C10H17N5O2S/c1-4-15(5-2)7(16)6-18-10-13-8(11)12-9(14-10)17-3/h4-6H2,1-3H3,(H2,11,12,13,14). The highest BCUT2D eigenvalue weighted by Crippen LogP contribution is 2.16. The van der Waals surface area contributed by atoms with Crippen LogP contribution in [0.2, 0.25) is 0 Å². The number of nitrogens with zero attached hydrogens (tertiary/aromatic N) is 4. The maximum atomic E-state index is 11.8. The number of thioether (sulfide) groups is 1. The van der Waals surface area contributed by atoms with E-state index in [0.29, 0.717) is 18.2 Å². The molecular formula is C10H17N5O2S. The maximum Gasteiger partial charge on any atom is 0.321 e. The molecule has 0 aliphatic rings. The van der Waals surface area contributed by atoms with E-state index in [-0.39, 0.29) is 23.6 Å². The van der Waals surface area contributed by atoms with E-state index < -0.39 is 0 Å². The molecule has 8 heteroatoms. The Labute approximate surface area is 110 Å². The van der Waals surface area contributed by atoms with Gasteiger partial charge in [0, 0.05) is 13.1 Å². The van der Waals surface area contributed by atoms with Crippen molar-refractivity contribution in [3.8, 4) is 6.01 Å². The Morgan fingerprint density at radius 1 is 1.33 bits per heavy atom. The Hall–Kier alpha value is -1.57. The molecule has 100 valence electrons. The highest BCUT2D eigenvalue weighted by atomic mass is 32.2. The number of nitrogens with two attached hydrogens (primary N) is 1. The summed E-state index contributed by atoms with van der Waals surface area (Å²) in [6, 6.07) is 0.153. The molecule has 0 aromatic carbocycles. The fraction of sp³-hybridized carbons (Fsp3) is 0.600.